The summed E-state index contributed by atoms with van der Waals surface area (Å²) in [5.41, 5.74) is 1.62. The summed E-state index contributed by atoms with van der Waals surface area (Å²) < 4.78 is 14.8. The van der Waals surface area contributed by atoms with Gasteiger partial charge in [-0.15, -0.1) is 0 Å². The van der Waals surface area contributed by atoms with Crippen LogP contribution >= 0.6 is 0 Å². The van der Waals surface area contributed by atoms with Crippen molar-refractivity contribution in [2.75, 3.05) is 5.32 Å². The highest BCUT2D eigenvalue weighted by molar-refractivity contribution is 5.85. The summed E-state index contributed by atoms with van der Waals surface area (Å²) in [6, 6.07) is 6.46. The normalized spacial score (nSPS) is 10.8. The molecule has 3 rings (SSSR count). The fourth-order valence-electron chi connectivity index (χ4n) is 1.94. The van der Waals surface area contributed by atoms with Crippen LogP contribution in [0.3, 0.4) is 0 Å². The maximum Gasteiger partial charge on any atom is 0.163 e. The third kappa shape index (κ3) is 2.24. The molecule has 5 nitrogen and oxygen atoms in total. The van der Waals surface area contributed by atoms with E-state index in [2.05, 4.69) is 20.4 Å². The van der Waals surface area contributed by atoms with E-state index in [4.69, 9.17) is 0 Å². The lowest BCUT2D eigenvalue weighted by Gasteiger charge is -2.06. The molecule has 0 amide bonds. The van der Waals surface area contributed by atoms with Gasteiger partial charge in [0, 0.05) is 13.6 Å². The molecule has 0 aliphatic carbocycles. The molecular weight excluding hydrogens is 245 g/mol. The number of nitrogens with zero attached hydrogens (tertiary/aromatic N) is 4. The molecule has 0 aliphatic heterocycles. The van der Waals surface area contributed by atoms with Gasteiger partial charge in [0.05, 0.1) is 11.6 Å². The van der Waals surface area contributed by atoms with Gasteiger partial charge in [-0.05, 0) is 17.7 Å². The van der Waals surface area contributed by atoms with Gasteiger partial charge in [0.1, 0.15) is 18.0 Å². The molecule has 0 unspecified atom stereocenters. The molecule has 1 N–H and O–H groups in total. The summed E-state index contributed by atoms with van der Waals surface area (Å²) in [5.74, 6) is 0.455. The van der Waals surface area contributed by atoms with Gasteiger partial charge >= 0.3 is 0 Å². The monoisotopic (exact) mass is 257 g/mol. The van der Waals surface area contributed by atoms with Crippen molar-refractivity contribution in [3.8, 4) is 0 Å². The van der Waals surface area contributed by atoms with Gasteiger partial charge < -0.3 is 5.32 Å². The third-order valence-corrected chi connectivity index (χ3v) is 2.88. The first-order valence-corrected chi connectivity index (χ1v) is 5.85. The average molecular weight is 257 g/mol. The van der Waals surface area contributed by atoms with Gasteiger partial charge in [0.25, 0.3) is 0 Å². The van der Waals surface area contributed by atoms with E-state index in [1.54, 1.807) is 16.9 Å². The first-order valence-electron chi connectivity index (χ1n) is 5.85. The molecule has 0 aliphatic rings. The molecular formula is C13H12FN5. The van der Waals surface area contributed by atoms with Crippen LogP contribution < -0.4 is 5.32 Å². The van der Waals surface area contributed by atoms with Gasteiger partial charge in [0.2, 0.25) is 0 Å². The van der Waals surface area contributed by atoms with Crippen LogP contribution in [0.2, 0.25) is 0 Å². The smallest absolute Gasteiger partial charge is 0.163 e. The number of nitrogens with one attached hydrogen (secondary N) is 1. The number of fused-ring (bicyclic) bond motifs is 1. The van der Waals surface area contributed by atoms with E-state index in [1.165, 1.54) is 18.5 Å². The second-order valence-electron chi connectivity index (χ2n) is 4.21. The van der Waals surface area contributed by atoms with Crippen LogP contribution in [0.5, 0.6) is 0 Å². The van der Waals surface area contributed by atoms with Crippen LogP contribution in [-0.4, -0.2) is 19.7 Å². The summed E-state index contributed by atoms with van der Waals surface area (Å²) >= 11 is 0. The zero-order chi connectivity index (χ0) is 13.2. The van der Waals surface area contributed by atoms with E-state index in [-0.39, 0.29) is 5.82 Å². The Bertz CT molecular complexity index is 722. The predicted molar refractivity (Wildman–Crippen MR) is 70.0 cm³/mol. The van der Waals surface area contributed by atoms with Gasteiger partial charge in [-0.25, -0.2) is 14.4 Å². The van der Waals surface area contributed by atoms with E-state index in [0.29, 0.717) is 12.4 Å². The molecule has 0 saturated carbocycles. The second-order valence-corrected chi connectivity index (χ2v) is 4.21. The number of halogens is 1. The van der Waals surface area contributed by atoms with E-state index in [0.717, 1.165) is 16.6 Å². The van der Waals surface area contributed by atoms with Crippen LogP contribution in [0.15, 0.2) is 36.8 Å². The Kier molecular flexibility index (Phi) is 2.83. The molecule has 96 valence electrons. The Morgan fingerprint density at radius 1 is 1.32 bits per heavy atom. The maximum absolute atomic E-state index is 13.1. The highest BCUT2D eigenvalue weighted by Gasteiger charge is 2.07. The van der Waals surface area contributed by atoms with Crippen molar-refractivity contribution >= 4 is 16.9 Å². The van der Waals surface area contributed by atoms with Crippen molar-refractivity contribution in [3.05, 3.63) is 48.2 Å². The van der Waals surface area contributed by atoms with Crippen molar-refractivity contribution in [1.29, 1.82) is 0 Å². The lowest BCUT2D eigenvalue weighted by molar-refractivity contribution is 0.626. The molecule has 0 atom stereocenters. The molecule has 0 saturated heterocycles. The molecule has 19 heavy (non-hydrogen) atoms. The predicted octanol–water partition coefficient (Wildman–Crippen LogP) is 2.11. The topological polar surface area (TPSA) is 55.6 Å². The van der Waals surface area contributed by atoms with Crippen molar-refractivity contribution in [2.24, 2.45) is 7.05 Å². The first-order chi connectivity index (χ1) is 9.24. The molecule has 1 aromatic carbocycles. The van der Waals surface area contributed by atoms with E-state index in [9.17, 15) is 4.39 Å². The Labute approximate surface area is 109 Å². The van der Waals surface area contributed by atoms with Crippen LogP contribution in [0, 0.1) is 5.82 Å². The molecule has 0 fully saturated rings. The Morgan fingerprint density at radius 3 is 3.05 bits per heavy atom. The highest BCUT2D eigenvalue weighted by atomic mass is 19.1. The summed E-state index contributed by atoms with van der Waals surface area (Å²) in [7, 11) is 1.83. The van der Waals surface area contributed by atoms with Crippen LogP contribution in [0.25, 0.3) is 11.0 Å². The second kappa shape index (κ2) is 4.64. The van der Waals surface area contributed by atoms with Crippen LogP contribution in [0.1, 0.15) is 5.56 Å². The number of benzene rings is 1. The molecule has 3 aromatic rings. The molecule has 0 radical (unpaired) electrons. The van der Waals surface area contributed by atoms with Crippen LogP contribution in [0.4, 0.5) is 10.2 Å². The average Bonchev–Trinajstić information content (AvgIpc) is 2.79. The zero-order valence-electron chi connectivity index (χ0n) is 10.3. The Morgan fingerprint density at radius 2 is 2.21 bits per heavy atom. The van der Waals surface area contributed by atoms with Crippen molar-refractivity contribution in [1.82, 2.24) is 19.7 Å². The maximum atomic E-state index is 13.1. The van der Waals surface area contributed by atoms with Crippen molar-refractivity contribution < 1.29 is 4.39 Å². The molecule has 6 heteroatoms. The van der Waals surface area contributed by atoms with Gasteiger partial charge in [-0.2, -0.15) is 5.10 Å². The summed E-state index contributed by atoms with van der Waals surface area (Å²) in [4.78, 5) is 8.35. The van der Waals surface area contributed by atoms with E-state index in [1.807, 2.05) is 13.1 Å². The molecule has 2 heterocycles. The quantitative estimate of drug-likeness (QED) is 0.780. The Balaban J connectivity index is 1.86. The number of hydrogen-bond donors (Lipinski definition) is 1. The number of rotatable bonds is 3. The third-order valence-electron chi connectivity index (χ3n) is 2.88. The minimum atomic E-state index is -0.242. The summed E-state index contributed by atoms with van der Waals surface area (Å²) in [6.45, 7) is 0.499. The van der Waals surface area contributed by atoms with Crippen molar-refractivity contribution in [3.63, 3.8) is 0 Å². The minimum absolute atomic E-state index is 0.242. The summed E-state index contributed by atoms with van der Waals surface area (Å²) in [6.07, 6.45) is 3.20. The minimum Gasteiger partial charge on any atom is -0.365 e. The lowest BCUT2D eigenvalue weighted by Crippen LogP contribution is -2.03. The molecule has 2 aromatic heterocycles. The number of anilines is 1. The lowest BCUT2D eigenvalue weighted by atomic mass is 10.2. The molecule has 0 bridgehead atoms. The van der Waals surface area contributed by atoms with E-state index >= 15 is 0 Å². The largest absolute Gasteiger partial charge is 0.365 e. The highest BCUT2D eigenvalue weighted by Crippen LogP contribution is 2.18. The standard InChI is InChI=1S/C13H12FN5/c1-19-13-11(7-18-19)12(16-8-17-13)15-6-9-3-2-4-10(14)5-9/h2-5,7-8H,6H2,1H3,(H,15,16,17). The number of hydrogen-bond acceptors (Lipinski definition) is 4. The van der Waals surface area contributed by atoms with E-state index < -0.39 is 0 Å². The van der Waals surface area contributed by atoms with Gasteiger partial charge in [-0.3, -0.25) is 4.68 Å². The molecule has 0 spiro atoms. The fourth-order valence-corrected chi connectivity index (χ4v) is 1.94. The van der Waals surface area contributed by atoms with Crippen LogP contribution in [-0.2, 0) is 13.6 Å². The fraction of sp³-hybridized carbons (Fsp3) is 0.154. The zero-order valence-corrected chi connectivity index (χ0v) is 10.3. The van der Waals surface area contributed by atoms with Gasteiger partial charge in [0.15, 0.2) is 5.65 Å². The van der Waals surface area contributed by atoms with Gasteiger partial charge in [-0.1, -0.05) is 12.1 Å². The summed E-state index contributed by atoms with van der Waals surface area (Å²) in [5, 5.41) is 8.16. The Hall–Kier alpha value is -2.50. The van der Waals surface area contributed by atoms with Crippen molar-refractivity contribution in [2.45, 2.75) is 6.54 Å². The number of aryl methyl sites for hydroxylation is 1. The SMILES string of the molecule is Cn1ncc2c(NCc3cccc(F)c3)ncnc21. The first kappa shape index (κ1) is 11.6. The number of aromatic nitrogens is 4.